The summed E-state index contributed by atoms with van der Waals surface area (Å²) in [5.74, 6) is 0. The van der Waals surface area contributed by atoms with E-state index in [1.807, 2.05) is 0 Å². The fourth-order valence-corrected chi connectivity index (χ4v) is 21.5. The molecule has 0 aromatic heterocycles. The van der Waals surface area contributed by atoms with Gasteiger partial charge in [-0.1, -0.05) is 35.6 Å². The average Bonchev–Trinajstić information content (AvgIpc) is 1.60. The van der Waals surface area contributed by atoms with E-state index in [0.717, 1.165) is 10.6 Å². The molecule has 0 nitrogen and oxygen atoms in total. The second kappa shape index (κ2) is 4.96. The lowest BCUT2D eigenvalue weighted by Crippen LogP contribution is -2.36. The normalized spacial score (nSPS) is 15.9. The Hall–Kier alpha value is 2.09. The minimum Gasteiger partial charge on any atom is -0.0924 e. The average molecular weight is 371 g/mol. The van der Waals surface area contributed by atoms with Crippen molar-refractivity contribution >= 4 is 60.3 Å². The molecule has 10 heavy (non-hydrogen) atoms. The highest BCUT2D eigenvalue weighted by molar-refractivity contribution is 9.69. The van der Waals surface area contributed by atoms with Crippen LogP contribution < -0.4 is 0 Å². The standard InChI is InChI=1S/C5H12Br3PSi/c1-10(2,3)5(4-6)9(7)8/h5H,4H2,1-3H3. The van der Waals surface area contributed by atoms with Gasteiger partial charge in [-0.3, -0.25) is 0 Å². The summed E-state index contributed by atoms with van der Waals surface area (Å²) in [7, 11) is -0.962. The third-order valence-corrected chi connectivity index (χ3v) is 14.3. The molecular weight excluding hydrogens is 359 g/mol. The first-order valence-electron chi connectivity index (χ1n) is 3.06. The molecule has 0 aliphatic carbocycles. The summed E-state index contributed by atoms with van der Waals surface area (Å²) < 4.78 is 0. The zero-order chi connectivity index (χ0) is 8.36. The Morgan fingerprint density at radius 1 is 1.30 bits per heavy atom. The SMILES string of the molecule is C[Si](C)(C)C(CBr)P(Br)Br. The molecule has 0 saturated heterocycles. The minimum atomic E-state index is -0.962. The van der Waals surface area contributed by atoms with Gasteiger partial charge in [0.2, 0.25) is 0 Å². The van der Waals surface area contributed by atoms with Gasteiger partial charge in [0.15, 0.2) is 0 Å². The Kier molecular flexibility index (Phi) is 5.99. The minimum absolute atomic E-state index is 0.112. The molecule has 0 fully saturated rings. The molecule has 0 bridgehead atoms. The molecule has 0 spiro atoms. The molecule has 0 heterocycles. The molecular formula is C5H12Br3PSi. The van der Waals surface area contributed by atoms with Crippen molar-refractivity contribution in [3.05, 3.63) is 0 Å². The van der Waals surface area contributed by atoms with Crippen LogP contribution in [0.2, 0.25) is 19.6 Å². The Morgan fingerprint density at radius 3 is 1.70 bits per heavy atom. The van der Waals surface area contributed by atoms with Gasteiger partial charge in [-0.05, 0) is 31.0 Å². The van der Waals surface area contributed by atoms with Crippen LogP contribution in [0.15, 0.2) is 0 Å². The van der Waals surface area contributed by atoms with Crippen molar-refractivity contribution in [2.75, 3.05) is 5.33 Å². The predicted octanol–water partition coefficient (Wildman–Crippen LogP) is 4.73. The van der Waals surface area contributed by atoms with Crippen LogP contribution in [-0.2, 0) is 0 Å². The van der Waals surface area contributed by atoms with Crippen molar-refractivity contribution in [3.8, 4) is 0 Å². The fraction of sp³-hybridized carbons (Fsp3) is 1.00. The predicted molar refractivity (Wildman–Crippen MR) is 65.7 cm³/mol. The smallest absolute Gasteiger partial charge is 0.0550 e. The van der Waals surface area contributed by atoms with Crippen LogP contribution in [-0.4, -0.2) is 18.7 Å². The van der Waals surface area contributed by atoms with E-state index < -0.39 is 8.07 Å². The zero-order valence-corrected chi connectivity index (χ0v) is 13.0. The number of hydrogen-bond donors (Lipinski definition) is 0. The Morgan fingerprint density at radius 2 is 1.70 bits per heavy atom. The molecule has 0 aromatic carbocycles. The van der Waals surface area contributed by atoms with E-state index in [1.54, 1.807) is 0 Å². The van der Waals surface area contributed by atoms with Gasteiger partial charge in [0.05, 0.1) is 8.07 Å². The van der Waals surface area contributed by atoms with Crippen LogP contribution >= 0.6 is 52.2 Å². The molecule has 0 aromatic rings. The van der Waals surface area contributed by atoms with Gasteiger partial charge >= 0.3 is 0 Å². The topological polar surface area (TPSA) is 0 Å². The second-order valence-electron chi connectivity index (χ2n) is 3.30. The molecule has 5 heteroatoms. The molecule has 0 rings (SSSR count). The summed E-state index contributed by atoms with van der Waals surface area (Å²) in [4.78, 5) is 0. The number of rotatable bonds is 3. The number of alkyl halides is 1. The molecule has 1 unspecified atom stereocenters. The van der Waals surface area contributed by atoms with Gasteiger partial charge in [-0.2, -0.15) is 0 Å². The summed E-state index contributed by atoms with van der Waals surface area (Å²) in [6.07, 6.45) is 0. The summed E-state index contributed by atoms with van der Waals surface area (Å²) in [6.45, 7) is 7.20. The van der Waals surface area contributed by atoms with Crippen LogP contribution in [0.1, 0.15) is 0 Å². The molecule has 0 N–H and O–H groups in total. The highest BCUT2D eigenvalue weighted by Gasteiger charge is 2.30. The molecule has 0 aliphatic rings. The van der Waals surface area contributed by atoms with Gasteiger partial charge in [0.25, 0.3) is 0 Å². The first-order chi connectivity index (χ1) is 4.39. The lowest BCUT2D eigenvalue weighted by Gasteiger charge is -2.28. The van der Waals surface area contributed by atoms with Crippen LogP contribution in [0.25, 0.3) is 0 Å². The van der Waals surface area contributed by atoms with Crippen LogP contribution in [0.4, 0.5) is 0 Å². The fourth-order valence-electron chi connectivity index (χ4n) is 0.576. The molecule has 0 aliphatic heterocycles. The summed E-state index contributed by atoms with van der Waals surface area (Å²) in [6, 6.07) is 0. The van der Waals surface area contributed by atoms with E-state index >= 15 is 0 Å². The van der Waals surface area contributed by atoms with Crippen molar-refractivity contribution < 1.29 is 0 Å². The maximum Gasteiger partial charge on any atom is 0.0550 e. The van der Waals surface area contributed by atoms with Gasteiger partial charge in [-0.15, -0.1) is 0 Å². The van der Waals surface area contributed by atoms with E-state index in [0.29, 0.717) is 0 Å². The first-order valence-corrected chi connectivity index (χ1v) is 13.2. The second-order valence-corrected chi connectivity index (χ2v) is 18.4. The molecule has 0 saturated carbocycles. The lowest BCUT2D eigenvalue weighted by molar-refractivity contribution is 1.33. The van der Waals surface area contributed by atoms with E-state index in [9.17, 15) is 0 Å². The van der Waals surface area contributed by atoms with Gasteiger partial charge < -0.3 is 0 Å². The van der Waals surface area contributed by atoms with E-state index in [4.69, 9.17) is 0 Å². The molecule has 0 radical (unpaired) electrons. The van der Waals surface area contributed by atoms with Crippen molar-refractivity contribution in [2.24, 2.45) is 0 Å². The third-order valence-electron chi connectivity index (χ3n) is 1.38. The monoisotopic (exact) mass is 368 g/mol. The van der Waals surface area contributed by atoms with Crippen molar-refractivity contribution in [1.82, 2.24) is 0 Å². The van der Waals surface area contributed by atoms with Gasteiger partial charge in [0.1, 0.15) is 0 Å². The van der Waals surface area contributed by atoms with Crippen molar-refractivity contribution in [2.45, 2.75) is 24.9 Å². The third kappa shape index (κ3) is 4.20. The summed E-state index contributed by atoms with van der Waals surface area (Å²) in [5, 5.41) is 1.83. The largest absolute Gasteiger partial charge is 0.0924 e. The Labute approximate surface area is 89.9 Å². The van der Waals surface area contributed by atoms with E-state index in [2.05, 4.69) is 66.5 Å². The van der Waals surface area contributed by atoms with Gasteiger partial charge in [-0.25, -0.2) is 0 Å². The maximum atomic E-state index is 3.62. The Balaban J connectivity index is 4.07. The maximum absolute atomic E-state index is 3.62. The Bertz CT molecular complexity index is 102. The molecule has 1 atom stereocenters. The van der Waals surface area contributed by atoms with Crippen LogP contribution in [0.3, 0.4) is 0 Å². The van der Waals surface area contributed by atoms with E-state index in [1.165, 1.54) is 0 Å². The van der Waals surface area contributed by atoms with Crippen LogP contribution in [0, 0.1) is 0 Å². The highest BCUT2D eigenvalue weighted by Crippen LogP contribution is 2.59. The lowest BCUT2D eigenvalue weighted by atomic mass is 10.9. The van der Waals surface area contributed by atoms with Gasteiger partial charge in [0, 0.05) is 15.9 Å². The molecule has 62 valence electrons. The summed E-state index contributed by atoms with van der Waals surface area (Å²) in [5.41, 5.74) is 0. The highest BCUT2D eigenvalue weighted by atomic mass is 79.9. The van der Waals surface area contributed by atoms with E-state index in [-0.39, 0.29) is 5.33 Å². The number of halogens is 3. The number of hydrogen-bond acceptors (Lipinski definition) is 0. The zero-order valence-electron chi connectivity index (χ0n) is 6.37. The van der Waals surface area contributed by atoms with Crippen molar-refractivity contribution in [3.63, 3.8) is 0 Å². The quantitative estimate of drug-likeness (QED) is 0.383. The van der Waals surface area contributed by atoms with Crippen molar-refractivity contribution in [1.29, 1.82) is 0 Å². The molecule has 0 amide bonds. The summed E-state index contributed by atoms with van der Waals surface area (Å²) >= 11 is 10.8. The van der Waals surface area contributed by atoms with Crippen LogP contribution in [0.5, 0.6) is 0 Å². The first kappa shape index (κ1) is 12.1.